The van der Waals surface area contributed by atoms with Crippen molar-refractivity contribution in [2.45, 2.75) is 84.0 Å². The number of hydrogen-bond acceptors (Lipinski definition) is 2. The number of nitrogens with one attached hydrogen (secondary N) is 1. The Labute approximate surface area is 147 Å². The molecule has 0 aliphatic carbocycles. The fourth-order valence-corrected chi connectivity index (χ4v) is 2.72. The Morgan fingerprint density at radius 1 is 0.875 bits per heavy atom. The summed E-state index contributed by atoms with van der Waals surface area (Å²) < 4.78 is 0. The number of hydrazone groups is 1. The smallest absolute Gasteiger partial charge is 0.240 e. The van der Waals surface area contributed by atoms with E-state index in [9.17, 15) is 4.79 Å². The second kappa shape index (κ2) is 14.9. The van der Waals surface area contributed by atoms with Crippen LogP contribution in [0.2, 0.25) is 0 Å². The van der Waals surface area contributed by atoms with E-state index in [-0.39, 0.29) is 5.91 Å². The van der Waals surface area contributed by atoms with Crippen molar-refractivity contribution in [3.63, 3.8) is 0 Å². The SMILES string of the molecule is CCCCCCCCCCCCCC(=O)NN=Cc1ccccc1. The first-order chi connectivity index (χ1) is 11.8. The topological polar surface area (TPSA) is 41.5 Å². The molecule has 0 saturated carbocycles. The molecule has 1 aromatic rings. The van der Waals surface area contributed by atoms with E-state index < -0.39 is 0 Å². The first-order valence-corrected chi connectivity index (χ1v) is 9.70. The van der Waals surface area contributed by atoms with Crippen LogP contribution in [0, 0.1) is 0 Å². The number of hydrogen-bond donors (Lipinski definition) is 1. The van der Waals surface area contributed by atoms with Crippen LogP contribution >= 0.6 is 0 Å². The van der Waals surface area contributed by atoms with Crippen LogP contribution < -0.4 is 5.43 Å². The molecule has 1 amide bonds. The van der Waals surface area contributed by atoms with Crippen molar-refractivity contribution < 1.29 is 4.79 Å². The summed E-state index contributed by atoms with van der Waals surface area (Å²) in [7, 11) is 0. The molecule has 134 valence electrons. The molecule has 3 heteroatoms. The summed E-state index contributed by atoms with van der Waals surface area (Å²) >= 11 is 0. The molecule has 0 aliphatic heterocycles. The van der Waals surface area contributed by atoms with Gasteiger partial charge in [0.05, 0.1) is 6.21 Å². The number of amides is 1. The zero-order valence-corrected chi connectivity index (χ0v) is 15.3. The van der Waals surface area contributed by atoms with Gasteiger partial charge < -0.3 is 0 Å². The van der Waals surface area contributed by atoms with Crippen LogP contribution in [-0.4, -0.2) is 12.1 Å². The third-order valence-electron chi connectivity index (χ3n) is 4.21. The summed E-state index contributed by atoms with van der Waals surface area (Å²) in [6.45, 7) is 2.26. The standard InChI is InChI=1S/C21H34N2O/c1-2-3-4-5-6-7-8-9-10-11-15-18-21(24)23-22-19-20-16-13-12-14-17-20/h12-14,16-17,19H,2-11,15,18H2,1H3,(H,23,24). The fourth-order valence-electron chi connectivity index (χ4n) is 2.72. The zero-order chi connectivity index (χ0) is 17.3. The average molecular weight is 331 g/mol. The Balaban J connectivity index is 1.88. The van der Waals surface area contributed by atoms with Crippen LogP contribution in [0.15, 0.2) is 35.4 Å². The van der Waals surface area contributed by atoms with Crippen LogP contribution in [0.4, 0.5) is 0 Å². The highest BCUT2D eigenvalue weighted by Gasteiger charge is 1.99. The molecular weight excluding hydrogens is 296 g/mol. The van der Waals surface area contributed by atoms with Crippen LogP contribution in [-0.2, 0) is 4.79 Å². The number of rotatable bonds is 14. The molecule has 0 aromatic heterocycles. The van der Waals surface area contributed by atoms with Crippen molar-refractivity contribution in [1.82, 2.24) is 5.43 Å². The molecule has 0 atom stereocenters. The van der Waals surface area contributed by atoms with Gasteiger partial charge in [0.1, 0.15) is 0 Å². The van der Waals surface area contributed by atoms with Crippen molar-refractivity contribution in [2.75, 3.05) is 0 Å². The van der Waals surface area contributed by atoms with E-state index >= 15 is 0 Å². The minimum atomic E-state index is 0.0121. The predicted molar refractivity (Wildman–Crippen MR) is 103 cm³/mol. The van der Waals surface area contributed by atoms with Crippen LogP contribution in [0.1, 0.15) is 89.5 Å². The van der Waals surface area contributed by atoms with Crippen LogP contribution in [0.5, 0.6) is 0 Å². The molecule has 0 aliphatic rings. The Morgan fingerprint density at radius 2 is 1.42 bits per heavy atom. The third-order valence-corrected chi connectivity index (χ3v) is 4.21. The number of nitrogens with zero attached hydrogens (tertiary/aromatic N) is 1. The van der Waals surface area contributed by atoms with E-state index in [4.69, 9.17) is 0 Å². The van der Waals surface area contributed by atoms with Gasteiger partial charge in [-0.2, -0.15) is 5.10 Å². The molecule has 0 unspecified atom stereocenters. The van der Waals surface area contributed by atoms with E-state index in [1.165, 1.54) is 57.8 Å². The summed E-state index contributed by atoms with van der Waals surface area (Å²) in [4.78, 5) is 11.7. The normalized spacial score (nSPS) is 11.0. The lowest BCUT2D eigenvalue weighted by Gasteiger charge is -2.02. The molecule has 1 N–H and O–H groups in total. The first kappa shape index (κ1) is 20.4. The summed E-state index contributed by atoms with van der Waals surface area (Å²) in [6, 6.07) is 9.78. The number of unbranched alkanes of at least 4 members (excludes halogenated alkanes) is 10. The summed E-state index contributed by atoms with van der Waals surface area (Å²) in [5.74, 6) is 0.0121. The zero-order valence-electron chi connectivity index (χ0n) is 15.3. The number of benzene rings is 1. The molecule has 0 radical (unpaired) electrons. The Bertz CT molecular complexity index is 442. The van der Waals surface area contributed by atoms with Crippen LogP contribution in [0.25, 0.3) is 0 Å². The van der Waals surface area contributed by atoms with E-state index in [2.05, 4.69) is 17.5 Å². The highest BCUT2D eigenvalue weighted by molar-refractivity contribution is 5.82. The van der Waals surface area contributed by atoms with Gasteiger partial charge in [0, 0.05) is 6.42 Å². The van der Waals surface area contributed by atoms with Gasteiger partial charge >= 0.3 is 0 Å². The molecule has 3 nitrogen and oxygen atoms in total. The molecule has 24 heavy (non-hydrogen) atoms. The van der Waals surface area contributed by atoms with E-state index in [0.717, 1.165) is 18.4 Å². The van der Waals surface area contributed by atoms with Gasteiger partial charge in [0.2, 0.25) is 5.91 Å². The highest BCUT2D eigenvalue weighted by Crippen LogP contribution is 2.11. The number of carbonyl (C=O) groups excluding carboxylic acids is 1. The molecular formula is C21H34N2O. The molecule has 1 rings (SSSR count). The van der Waals surface area contributed by atoms with Crippen molar-refractivity contribution in [3.8, 4) is 0 Å². The van der Waals surface area contributed by atoms with Crippen molar-refractivity contribution in [2.24, 2.45) is 5.10 Å². The second-order valence-corrected chi connectivity index (χ2v) is 6.49. The van der Waals surface area contributed by atoms with Gasteiger partial charge in [-0.1, -0.05) is 101 Å². The molecule has 0 heterocycles. The monoisotopic (exact) mass is 330 g/mol. The van der Waals surface area contributed by atoms with E-state index in [0.29, 0.717) is 6.42 Å². The maximum Gasteiger partial charge on any atom is 0.240 e. The minimum absolute atomic E-state index is 0.0121. The Kier molecular flexibility index (Phi) is 12.7. The van der Waals surface area contributed by atoms with Crippen molar-refractivity contribution in [3.05, 3.63) is 35.9 Å². The summed E-state index contributed by atoms with van der Waals surface area (Å²) in [5, 5.41) is 3.99. The largest absolute Gasteiger partial charge is 0.273 e. The summed E-state index contributed by atoms with van der Waals surface area (Å²) in [6.07, 6.45) is 16.5. The molecule has 0 saturated heterocycles. The van der Waals surface area contributed by atoms with Gasteiger partial charge in [0.25, 0.3) is 0 Å². The lowest BCUT2D eigenvalue weighted by atomic mass is 10.1. The molecule has 0 bridgehead atoms. The summed E-state index contributed by atoms with van der Waals surface area (Å²) in [5.41, 5.74) is 3.59. The first-order valence-electron chi connectivity index (χ1n) is 9.70. The molecule has 0 fully saturated rings. The predicted octanol–water partition coefficient (Wildman–Crippen LogP) is 5.84. The van der Waals surface area contributed by atoms with E-state index in [1.807, 2.05) is 30.3 Å². The molecule has 0 spiro atoms. The second-order valence-electron chi connectivity index (χ2n) is 6.49. The highest BCUT2D eigenvalue weighted by atomic mass is 16.2. The van der Waals surface area contributed by atoms with Gasteiger partial charge in [-0.05, 0) is 12.0 Å². The van der Waals surface area contributed by atoms with Gasteiger partial charge in [-0.15, -0.1) is 0 Å². The Hall–Kier alpha value is -1.64. The van der Waals surface area contributed by atoms with Crippen molar-refractivity contribution >= 4 is 12.1 Å². The minimum Gasteiger partial charge on any atom is -0.273 e. The Morgan fingerprint density at radius 3 is 2.00 bits per heavy atom. The van der Waals surface area contributed by atoms with Crippen molar-refractivity contribution in [1.29, 1.82) is 0 Å². The van der Waals surface area contributed by atoms with Gasteiger partial charge in [-0.25, -0.2) is 5.43 Å². The lowest BCUT2D eigenvalue weighted by molar-refractivity contribution is -0.121. The third kappa shape index (κ3) is 11.9. The number of carbonyl (C=O) groups is 1. The average Bonchev–Trinajstić information content (AvgIpc) is 2.60. The quantitative estimate of drug-likeness (QED) is 0.260. The molecule has 1 aromatic carbocycles. The van der Waals surface area contributed by atoms with E-state index in [1.54, 1.807) is 6.21 Å². The maximum atomic E-state index is 11.7. The lowest BCUT2D eigenvalue weighted by Crippen LogP contribution is -2.16. The van der Waals surface area contributed by atoms with Crippen LogP contribution in [0.3, 0.4) is 0 Å². The van der Waals surface area contributed by atoms with Gasteiger partial charge in [-0.3, -0.25) is 4.79 Å². The maximum absolute atomic E-state index is 11.7. The fraction of sp³-hybridized carbons (Fsp3) is 0.619. The van der Waals surface area contributed by atoms with Gasteiger partial charge in [0.15, 0.2) is 0 Å².